The average Bonchev–Trinajstić information content (AvgIpc) is 2.44. The molecule has 1 N–H and O–H groups in total. The molecule has 1 aromatic rings. The molecule has 0 aliphatic carbocycles. The summed E-state index contributed by atoms with van der Waals surface area (Å²) in [5, 5.41) is 3.39. The fourth-order valence-corrected chi connectivity index (χ4v) is 3.53. The van der Waals surface area contributed by atoms with Crippen LogP contribution in [-0.2, 0) is 11.2 Å². The van der Waals surface area contributed by atoms with Crippen molar-refractivity contribution in [2.75, 3.05) is 13.1 Å². The van der Waals surface area contributed by atoms with Crippen LogP contribution in [0.4, 0.5) is 0 Å². The lowest BCUT2D eigenvalue weighted by molar-refractivity contribution is -0.130. The van der Waals surface area contributed by atoms with Crippen LogP contribution in [0.15, 0.2) is 18.2 Å². The first-order valence-corrected chi connectivity index (χ1v) is 7.88. The summed E-state index contributed by atoms with van der Waals surface area (Å²) in [5.41, 5.74) is 3.67. The van der Waals surface area contributed by atoms with Crippen LogP contribution in [0.5, 0.6) is 0 Å². The molecule has 1 heterocycles. The molecule has 0 atom stereocenters. The van der Waals surface area contributed by atoms with Crippen LogP contribution < -0.4 is 5.32 Å². The minimum absolute atomic E-state index is 0.0747. The fourth-order valence-electron chi connectivity index (χ4n) is 3.53. The van der Waals surface area contributed by atoms with Crippen LogP contribution in [-0.4, -0.2) is 18.9 Å². The minimum Gasteiger partial charge on any atom is -0.317 e. The van der Waals surface area contributed by atoms with E-state index in [1.165, 1.54) is 16.7 Å². The lowest BCUT2D eigenvalue weighted by Gasteiger charge is -2.36. The van der Waals surface area contributed by atoms with E-state index in [0.717, 1.165) is 38.8 Å². The highest BCUT2D eigenvalue weighted by molar-refractivity contribution is 5.87. The summed E-state index contributed by atoms with van der Waals surface area (Å²) < 4.78 is 0. The Morgan fingerprint density at radius 1 is 1.20 bits per heavy atom. The van der Waals surface area contributed by atoms with Crippen molar-refractivity contribution in [3.05, 3.63) is 34.9 Å². The normalized spacial score (nSPS) is 17.9. The van der Waals surface area contributed by atoms with Crippen molar-refractivity contribution >= 4 is 5.78 Å². The Morgan fingerprint density at radius 3 is 2.35 bits per heavy atom. The SMILES string of the molecule is CCCC1(C(=O)Cc2c(C)cccc2C)CCNCC1. The second-order valence-corrected chi connectivity index (χ2v) is 6.25. The van der Waals surface area contributed by atoms with Gasteiger partial charge < -0.3 is 5.32 Å². The molecule has 2 heteroatoms. The highest BCUT2D eigenvalue weighted by Gasteiger charge is 2.38. The Hall–Kier alpha value is -1.15. The maximum atomic E-state index is 13.0. The zero-order valence-corrected chi connectivity index (χ0v) is 13.1. The van der Waals surface area contributed by atoms with Gasteiger partial charge in [0.2, 0.25) is 0 Å². The van der Waals surface area contributed by atoms with Crippen LogP contribution in [0.25, 0.3) is 0 Å². The van der Waals surface area contributed by atoms with Gasteiger partial charge in [0.05, 0.1) is 0 Å². The summed E-state index contributed by atoms with van der Waals surface area (Å²) in [7, 11) is 0. The van der Waals surface area contributed by atoms with E-state index in [1.807, 2.05) is 0 Å². The van der Waals surface area contributed by atoms with Crippen molar-refractivity contribution < 1.29 is 4.79 Å². The zero-order valence-electron chi connectivity index (χ0n) is 13.1. The zero-order chi connectivity index (χ0) is 14.6. The summed E-state index contributed by atoms with van der Waals surface area (Å²) in [5.74, 6) is 0.457. The monoisotopic (exact) mass is 273 g/mol. The van der Waals surface area contributed by atoms with Gasteiger partial charge in [0.25, 0.3) is 0 Å². The number of benzene rings is 1. The number of aryl methyl sites for hydroxylation is 2. The predicted molar refractivity (Wildman–Crippen MR) is 84.1 cm³/mol. The summed E-state index contributed by atoms with van der Waals surface area (Å²) in [6.07, 6.45) is 4.75. The van der Waals surface area contributed by atoms with Crippen LogP contribution in [0.2, 0.25) is 0 Å². The lowest BCUT2D eigenvalue weighted by Crippen LogP contribution is -2.43. The second-order valence-electron chi connectivity index (χ2n) is 6.25. The molecule has 2 rings (SSSR count). The summed E-state index contributed by atoms with van der Waals surface area (Å²) in [6.45, 7) is 8.39. The molecule has 110 valence electrons. The molecule has 20 heavy (non-hydrogen) atoms. The Morgan fingerprint density at radius 2 is 1.80 bits per heavy atom. The molecule has 0 bridgehead atoms. The average molecular weight is 273 g/mol. The number of carbonyl (C=O) groups excluding carboxylic acids is 1. The van der Waals surface area contributed by atoms with Crippen molar-refractivity contribution in [1.82, 2.24) is 5.32 Å². The fraction of sp³-hybridized carbons (Fsp3) is 0.611. The topological polar surface area (TPSA) is 29.1 Å². The van der Waals surface area contributed by atoms with E-state index in [4.69, 9.17) is 0 Å². The van der Waals surface area contributed by atoms with Gasteiger partial charge in [0.1, 0.15) is 5.78 Å². The van der Waals surface area contributed by atoms with Crippen molar-refractivity contribution in [3.63, 3.8) is 0 Å². The molecule has 1 aromatic carbocycles. The molecule has 0 unspecified atom stereocenters. The molecule has 0 radical (unpaired) electrons. The predicted octanol–water partition coefficient (Wildman–Crippen LogP) is 3.58. The van der Waals surface area contributed by atoms with Gasteiger partial charge in [-0.05, 0) is 62.9 Å². The van der Waals surface area contributed by atoms with E-state index < -0.39 is 0 Å². The van der Waals surface area contributed by atoms with E-state index in [9.17, 15) is 4.79 Å². The standard InChI is InChI=1S/C18H27NO/c1-4-8-18(9-11-19-12-10-18)17(20)13-16-14(2)6-5-7-15(16)3/h5-7,19H,4,8-13H2,1-3H3. The number of nitrogens with one attached hydrogen (secondary N) is 1. The summed E-state index contributed by atoms with van der Waals surface area (Å²) >= 11 is 0. The number of hydrogen-bond acceptors (Lipinski definition) is 2. The molecule has 0 saturated carbocycles. The molecule has 0 amide bonds. The van der Waals surface area contributed by atoms with Crippen LogP contribution >= 0.6 is 0 Å². The van der Waals surface area contributed by atoms with E-state index in [1.54, 1.807) is 0 Å². The molecule has 0 aromatic heterocycles. The molecular formula is C18H27NO. The van der Waals surface area contributed by atoms with Crippen molar-refractivity contribution in [2.24, 2.45) is 5.41 Å². The first-order valence-electron chi connectivity index (χ1n) is 7.88. The van der Waals surface area contributed by atoms with E-state index >= 15 is 0 Å². The van der Waals surface area contributed by atoms with Crippen LogP contribution in [0.3, 0.4) is 0 Å². The summed E-state index contributed by atoms with van der Waals surface area (Å²) in [4.78, 5) is 13.0. The van der Waals surface area contributed by atoms with Gasteiger partial charge >= 0.3 is 0 Å². The maximum absolute atomic E-state index is 13.0. The van der Waals surface area contributed by atoms with Crippen LogP contribution in [0, 0.1) is 19.3 Å². The van der Waals surface area contributed by atoms with Gasteiger partial charge in [-0.3, -0.25) is 4.79 Å². The number of ketones is 1. The summed E-state index contributed by atoms with van der Waals surface area (Å²) in [6, 6.07) is 6.31. The molecule has 1 aliphatic heterocycles. The van der Waals surface area contributed by atoms with Crippen molar-refractivity contribution in [2.45, 2.75) is 52.9 Å². The Balaban J connectivity index is 2.20. The quantitative estimate of drug-likeness (QED) is 0.888. The first kappa shape index (κ1) is 15.2. The Bertz CT molecular complexity index is 447. The van der Waals surface area contributed by atoms with Crippen LogP contribution in [0.1, 0.15) is 49.3 Å². The number of piperidine rings is 1. The van der Waals surface area contributed by atoms with Gasteiger partial charge in [-0.15, -0.1) is 0 Å². The molecule has 1 aliphatic rings. The second kappa shape index (κ2) is 6.53. The lowest BCUT2D eigenvalue weighted by atomic mass is 9.70. The molecule has 1 saturated heterocycles. The highest BCUT2D eigenvalue weighted by atomic mass is 16.1. The number of hydrogen-bond donors (Lipinski definition) is 1. The Kier molecular flexibility index (Phi) is 4.98. The third-order valence-corrected chi connectivity index (χ3v) is 4.86. The van der Waals surface area contributed by atoms with Gasteiger partial charge in [-0.25, -0.2) is 0 Å². The third-order valence-electron chi connectivity index (χ3n) is 4.86. The largest absolute Gasteiger partial charge is 0.317 e. The van der Waals surface area contributed by atoms with E-state index in [-0.39, 0.29) is 5.41 Å². The number of carbonyl (C=O) groups is 1. The van der Waals surface area contributed by atoms with Crippen molar-refractivity contribution in [1.29, 1.82) is 0 Å². The molecular weight excluding hydrogens is 246 g/mol. The van der Waals surface area contributed by atoms with Gasteiger partial charge in [-0.2, -0.15) is 0 Å². The maximum Gasteiger partial charge on any atom is 0.143 e. The molecule has 0 spiro atoms. The highest BCUT2D eigenvalue weighted by Crippen LogP contribution is 2.36. The molecule has 2 nitrogen and oxygen atoms in total. The van der Waals surface area contributed by atoms with Gasteiger partial charge in [0, 0.05) is 11.8 Å². The number of rotatable bonds is 5. The van der Waals surface area contributed by atoms with E-state index in [2.05, 4.69) is 44.3 Å². The smallest absolute Gasteiger partial charge is 0.143 e. The van der Waals surface area contributed by atoms with E-state index in [0.29, 0.717) is 12.2 Å². The molecule has 1 fully saturated rings. The first-order chi connectivity index (χ1) is 9.59. The van der Waals surface area contributed by atoms with Crippen molar-refractivity contribution in [3.8, 4) is 0 Å². The minimum atomic E-state index is -0.0747. The van der Waals surface area contributed by atoms with Gasteiger partial charge in [0.15, 0.2) is 0 Å². The number of Topliss-reactive ketones (excluding diaryl/α,β-unsaturated/α-hetero) is 1. The van der Waals surface area contributed by atoms with Gasteiger partial charge in [-0.1, -0.05) is 31.5 Å². The Labute approximate surface area is 123 Å². The third kappa shape index (κ3) is 3.12.